The normalized spacial score (nSPS) is 17.0. The van der Waals surface area contributed by atoms with Gasteiger partial charge in [-0.1, -0.05) is 24.6 Å². The van der Waals surface area contributed by atoms with Crippen LogP contribution in [-0.2, 0) is 26.4 Å². The van der Waals surface area contributed by atoms with Gasteiger partial charge in [-0.05, 0) is 19.1 Å². The molecule has 0 saturated heterocycles. The molecule has 10 heteroatoms. The van der Waals surface area contributed by atoms with E-state index in [0.717, 1.165) is 12.3 Å². The summed E-state index contributed by atoms with van der Waals surface area (Å²) in [7, 11) is -3.75. The largest absolute Gasteiger partial charge is 0.383 e. The van der Waals surface area contributed by atoms with Crippen molar-refractivity contribution in [2.75, 3.05) is 6.26 Å². The molecule has 0 bridgehead atoms. The molecule has 0 unspecified atom stereocenters. The second kappa shape index (κ2) is 7.36. The van der Waals surface area contributed by atoms with Crippen LogP contribution >= 0.6 is 11.6 Å². The highest BCUT2D eigenvalue weighted by Crippen LogP contribution is 2.37. The summed E-state index contributed by atoms with van der Waals surface area (Å²) < 4.78 is 43.6. The van der Waals surface area contributed by atoms with Crippen molar-refractivity contribution < 1.29 is 22.1 Å². The van der Waals surface area contributed by atoms with Crippen LogP contribution in [0.15, 0.2) is 30.9 Å². The molecule has 0 fully saturated rings. The Morgan fingerprint density at radius 2 is 2.12 bits per heavy atom. The van der Waals surface area contributed by atoms with Crippen LogP contribution in [0.4, 0.5) is 4.39 Å². The Balaban J connectivity index is 2.47. The molecular formula is C15H19ClFN3O4S. The van der Waals surface area contributed by atoms with E-state index in [-0.39, 0.29) is 17.1 Å². The molecule has 1 N–H and O–H groups in total. The van der Waals surface area contributed by atoms with E-state index in [1.54, 1.807) is 6.92 Å². The van der Waals surface area contributed by atoms with Crippen molar-refractivity contribution in [3.05, 3.63) is 47.3 Å². The lowest BCUT2D eigenvalue weighted by atomic mass is 9.79. The number of nitrogens with zero attached hydrogens (tertiary/aromatic N) is 3. The maximum Gasteiger partial charge on any atom is 0.264 e. The lowest BCUT2D eigenvalue weighted by molar-refractivity contribution is -0.0726. The number of hydrogen-bond acceptors (Lipinski definition) is 6. The van der Waals surface area contributed by atoms with Crippen molar-refractivity contribution in [1.82, 2.24) is 14.8 Å². The number of benzene rings is 1. The van der Waals surface area contributed by atoms with Gasteiger partial charge in [0.05, 0.1) is 18.9 Å². The Morgan fingerprint density at radius 3 is 2.64 bits per heavy atom. The Labute approximate surface area is 150 Å². The van der Waals surface area contributed by atoms with E-state index in [1.807, 2.05) is 0 Å². The van der Waals surface area contributed by atoms with Crippen LogP contribution < -0.4 is 0 Å². The second-order valence-corrected chi connectivity index (χ2v) is 7.97. The lowest BCUT2D eigenvalue weighted by Gasteiger charge is -2.37. The molecule has 0 spiro atoms. The molecule has 1 aromatic heterocycles. The predicted molar refractivity (Wildman–Crippen MR) is 89.9 cm³/mol. The highest BCUT2D eigenvalue weighted by molar-refractivity contribution is 7.86. The fraction of sp³-hybridized carbons (Fsp3) is 0.467. The van der Waals surface area contributed by atoms with Gasteiger partial charge in [-0.2, -0.15) is 13.5 Å². The van der Waals surface area contributed by atoms with Crippen molar-refractivity contribution in [2.45, 2.75) is 32.1 Å². The molecular weight excluding hydrogens is 373 g/mol. The monoisotopic (exact) mass is 391 g/mol. The van der Waals surface area contributed by atoms with Gasteiger partial charge in [0.15, 0.2) is 0 Å². The van der Waals surface area contributed by atoms with E-state index in [0.29, 0.717) is 0 Å². The zero-order valence-electron chi connectivity index (χ0n) is 13.9. The number of aromatic nitrogens is 3. The third-order valence-electron chi connectivity index (χ3n) is 4.05. The number of halogens is 2. The van der Waals surface area contributed by atoms with E-state index in [1.165, 1.54) is 36.4 Å². The van der Waals surface area contributed by atoms with Gasteiger partial charge >= 0.3 is 0 Å². The molecule has 0 saturated carbocycles. The minimum atomic E-state index is -3.75. The standard InChI is InChI=1S/C15H19ClFN3O4S/c1-10(11(2)24-25(3,22)23)15(21,7-20-9-18-8-19-20)13-5-4-12(16)6-14(13)17/h4-6,8-11,21H,7H2,1-3H3/t10-,11+,15+/m0/s1. The lowest BCUT2D eigenvalue weighted by Crippen LogP contribution is -2.44. The summed E-state index contributed by atoms with van der Waals surface area (Å²) in [5.74, 6) is -1.52. The summed E-state index contributed by atoms with van der Waals surface area (Å²) in [5.41, 5.74) is -1.85. The van der Waals surface area contributed by atoms with Crippen LogP contribution in [0.5, 0.6) is 0 Å². The van der Waals surface area contributed by atoms with Crippen LogP contribution in [0.1, 0.15) is 19.4 Å². The predicted octanol–water partition coefficient (Wildman–Crippen LogP) is 1.96. The van der Waals surface area contributed by atoms with Gasteiger partial charge in [-0.3, -0.25) is 4.18 Å². The van der Waals surface area contributed by atoms with Gasteiger partial charge in [0.1, 0.15) is 24.1 Å². The molecule has 25 heavy (non-hydrogen) atoms. The van der Waals surface area contributed by atoms with Gasteiger partial charge in [0, 0.05) is 16.5 Å². The van der Waals surface area contributed by atoms with Gasteiger partial charge in [0.2, 0.25) is 0 Å². The van der Waals surface area contributed by atoms with E-state index in [9.17, 15) is 17.9 Å². The Hall–Kier alpha value is -1.55. The van der Waals surface area contributed by atoms with Crippen LogP contribution in [0.25, 0.3) is 0 Å². The summed E-state index contributed by atoms with van der Waals surface area (Å²) in [5, 5.41) is 15.4. The van der Waals surface area contributed by atoms with Crippen molar-refractivity contribution in [1.29, 1.82) is 0 Å². The van der Waals surface area contributed by atoms with Crippen LogP contribution in [0, 0.1) is 11.7 Å². The first kappa shape index (κ1) is 19.8. The molecule has 1 aromatic carbocycles. The first-order valence-electron chi connectivity index (χ1n) is 7.41. The molecule has 138 valence electrons. The molecule has 0 amide bonds. The molecule has 1 heterocycles. The fourth-order valence-electron chi connectivity index (χ4n) is 2.62. The molecule has 0 radical (unpaired) electrons. The van der Waals surface area contributed by atoms with Crippen molar-refractivity contribution in [3.63, 3.8) is 0 Å². The quantitative estimate of drug-likeness (QED) is 0.725. The summed E-state index contributed by atoms with van der Waals surface area (Å²) in [4.78, 5) is 3.80. The zero-order chi connectivity index (χ0) is 18.8. The molecule has 0 aliphatic rings. The minimum Gasteiger partial charge on any atom is -0.383 e. The highest BCUT2D eigenvalue weighted by atomic mass is 35.5. The van der Waals surface area contributed by atoms with Gasteiger partial charge < -0.3 is 5.11 Å². The average molecular weight is 392 g/mol. The first-order valence-corrected chi connectivity index (χ1v) is 9.61. The van der Waals surface area contributed by atoms with Gasteiger partial charge in [-0.25, -0.2) is 14.1 Å². The van der Waals surface area contributed by atoms with E-state index >= 15 is 0 Å². The molecule has 0 aliphatic carbocycles. The minimum absolute atomic E-state index is 0.0381. The van der Waals surface area contributed by atoms with Crippen LogP contribution in [0.2, 0.25) is 5.02 Å². The number of rotatable bonds is 7. The topological polar surface area (TPSA) is 94.3 Å². The van der Waals surface area contributed by atoms with Crippen molar-refractivity contribution >= 4 is 21.7 Å². The number of aliphatic hydroxyl groups is 1. The SMILES string of the molecule is C[C@@H](OS(C)(=O)=O)[C@H](C)[C@](O)(Cn1cncn1)c1ccc(Cl)cc1F. The highest BCUT2D eigenvalue weighted by Gasteiger charge is 2.42. The number of hydrogen-bond donors (Lipinski definition) is 1. The molecule has 2 aromatic rings. The third kappa shape index (κ3) is 4.75. The van der Waals surface area contributed by atoms with Crippen molar-refractivity contribution in [3.8, 4) is 0 Å². The Bertz CT molecular complexity index is 831. The Morgan fingerprint density at radius 1 is 1.44 bits per heavy atom. The smallest absolute Gasteiger partial charge is 0.264 e. The van der Waals surface area contributed by atoms with E-state index in [2.05, 4.69) is 10.1 Å². The van der Waals surface area contributed by atoms with Crippen LogP contribution in [0.3, 0.4) is 0 Å². The molecule has 0 aliphatic heterocycles. The average Bonchev–Trinajstić information content (AvgIpc) is 2.97. The second-order valence-electron chi connectivity index (χ2n) is 5.94. The third-order valence-corrected chi connectivity index (χ3v) is 4.94. The van der Waals surface area contributed by atoms with Crippen LogP contribution in [-0.4, -0.2) is 40.6 Å². The van der Waals surface area contributed by atoms with E-state index < -0.39 is 33.6 Å². The molecule has 3 atom stereocenters. The summed E-state index contributed by atoms with van der Waals surface area (Å²) in [6, 6.07) is 3.89. The first-order chi connectivity index (χ1) is 11.5. The molecule has 2 rings (SSSR count). The summed E-state index contributed by atoms with van der Waals surface area (Å²) >= 11 is 5.79. The van der Waals surface area contributed by atoms with Crippen molar-refractivity contribution in [2.24, 2.45) is 5.92 Å². The zero-order valence-corrected chi connectivity index (χ0v) is 15.5. The Kier molecular flexibility index (Phi) is 5.82. The molecule has 7 nitrogen and oxygen atoms in total. The fourth-order valence-corrected chi connectivity index (χ4v) is 3.50. The summed E-state index contributed by atoms with van der Waals surface area (Å²) in [6.45, 7) is 2.91. The van der Waals surface area contributed by atoms with Gasteiger partial charge in [-0.15, -0.1) is 0 Å². The van der Waals surface area contributed by atoms with Gasteiger partial charge in [0.25, 0.3) is 10.1 Å². The maximum absolute atomic E-state index is 14.5. The van der Waals surface area contributed by atoms with E-state index in [4.69, 9.17) is 15.8 Å². The maximum atomic E-state index is 14.5. The summed E-state index contributed by atoms with van der Waals surface area (Å²) in [6.07, 6.45) is 2.64.